The number of carbonyl (C=O) groups is 1. The Hall–Kier alpha value is -1.01. The first-order chi connectivity index (χ1) is 7.50. The van der Waals surface area contributed by atoms with Crippen LogP contribution >= 0.6 is 11.5 Å². The van der Waals surface area contributed by atoms with Crippen LogP contribution in [-0.2, 0) is 6.42 Å². The van der Waals surface area contributed by atoms with E-state index in [1.165, 1.54) is 0 Å². The molecule has 1 aromatic rings. The molecule has 0 radical (unpaired) electrons. The summed E-state index contributed by atoms with van der Waals surface area (Å²) in [5.74, 6) is -0.159. The van der Waals surface area contributed by atoms with Crippen LogP contribution in [0.5, 0.6) is 0 Å². The van der Waals surface area contributed by atoms with Crippen molar-refractivity contribution in [1.82, 2.24) is 14.9 Å². The van der Waals surface area contributed by atoms with Crippen LogP contribution < -0.4 is 5.32 Å². The highest BCUT2D eigenvalue weighted by molar-refractivity contribution is 7.08. The molecule has 90 valence electrons. The van der Waals surface area contributed by atoms with Gasteiger partial charge in [0.15, 0.2) is 0 Å². The van der Waals surface area contributed by atoms with Crippen molar-refractivity contribution < 1.29 is 9.90 Å². The highest BCUT2D eigenvalue weighted by Gasteiger charge is 2.20. The van der Waals surface area contributed by atoms with Gasteiger partial charge in [-0.15, -0.1) is 5.10 Å². The second-order valence-corrected chi connectivity index (χ2v) is 5.16. The molecule has 0 saturated heterocycles. The second-order valence-electron chi connectivity index (χ2n) is 4.41. The lowest BCUT2D eigenvalue weighted by atomic mass is 9.95. The maximum absolute atomic E-state index is 11.8. The lowest BCUT2D eigenvalue weighted by molar-refractivity contribution is 0.0914. The summed E-state index contributed by atoms with van der Waals surface area (Å²) in [6.07, 6.45) is 0.697. The summed E-state index contributed by atoms with van der Waals surface area (Å²) in [4.78, 5) is 12.4. The van der Waals surface area contributed by atoms with Crippen molar-refractivity contribution in [2.24, 2.45) is 5.41 Å². The summed E-state index contributed by atoms with van der Waals surface area (Å²) >= 11 is 1.10. The maximum atomic E-state index is 11.8. The fourth-order valence-electron chi connectivity index (χ4n) is 1.07. The van der Waals surface area contributed by atoms with Crippen molar-refractivity contribution in [3.8, 4) is 0 Å². The summed E-state index contributed by atoms with van der Waals surface area (Å²) in [7, 11) is 0. The third-order valence-electron chi connectivity index (χ3n) is 2.25. The summed E-state index contributed by atoms with van der Waals surface area (Å²) in [5, 5.41) is 15.7. The number of aromatic nitrogens is 2. The molecule has 0 aromatic carbocycles. The van der Waals surface area contributed by atoms with Gasteiger partial charge < -0.3 is 10.4 Å². The number of nitrogens with one attached hydrogen (secondary N) is 1. The Bertz CT molecular complexity index is 363. The third-order valence-corrected chi connectivity index (χ3v) is 3.02. The highest BCUT2D eigenvalue weighted by Crippen LogP contribution is 2.14. The normalized spacial score (nSPS) is 11.5. The van der Waals surface area contributed by atoms with Crippen LogP contribution in [-0.4, -0.2) is 33.8 Å². The quantitative estimate of drug-likeness (QED) is 0.804. The number of aliphatic hydroxyl groups is 1. The van der Waals surface area contributed by atoms with Crippen molar-refractivity contribution in [2.75, 3.05) is 13.2 Å². The summed E-state index contributed by atoms with van der Waals surface area (Å²) in [6.45, 7) is 6.18. The number of nitrogens with zero attached hydrogens (tertiary/aromatic N) is 2. The Kier molecular flexibility index (Phi) is 4.37. The average Bonchev–Trinajstić information content (AvgIpc) is 2.74. The Morgan fingerprint density at radius 3 is 2.81 bits per heavy atom. The van der Waals surface area contributed by atoms with Gasteiger partial charge in [0.25, 0.3) is 5.91 Å². The van der Waals surface area contributed by atoms with E-state index in [-0.39, 0.29) is 17.9 Å². The number of rotatable bonds is 5. The van der Waals surface area contributed by atoms with Crippen LogP contribution in [0.25, 0.3) is 0 Å². The first-order valence-corrected chi connectivity index (χ1v) is 5.98. The van der Waals surface area contributed by atoms with Crippen molar-refractivity contribution in [3.63, 3.8) is 0 Å². The van der Waals surface area contributed by atoms with E-state index in [4.69, 9.17) is 5.11 Å². The van der Waals surface area contributed by atoms with Gasteiger partial charge in [-0.05, 0) is 18.0 Å². The molecule has 5 nitrogen and oxygen atoms in total. The van der Waals surface area contributed by atoms with Gasteiger partial charge in [0.2, 0.25) is 0 Å². The number of aliphatic hydroxyl groups excluding tert-OH is 1. The molecule has 0 fully saturated rings. The summed E-state index contributed by atoms with van der Waals surface area (Å²) < 4.78 is 3.76. The van der Waals surface area contributed by atoms with Crippen LogP contribution in [0, 0.1) is 5.41 Å². The van der Waals surface area contributed by atoms with Crippen LogP contribution in [0.1, 0.15) is 36.1 Å². The number of carbonyl (C=O) groups excluding carboxylic acids is 1. The van der Waals surface area contributed by atoms with E-state index < -0.39 is 0 Å². The van der Waals surface area contributed by atoms with Gasteiger partial charge >= 0.3 is 0 Å². The van der Waals surface area contributed by atoms with E-state index >= 15 is 0 Å². The number of hydrogen-bond acceptors (Lipinski definition) is 5. The molecule has 2 N–H and O–H groups in total. The predicted octanol–water partition coefficient (Wildman–Crippen LogP) is 0.849. The summed E-state index contributed by atoms with van der Waals surface area (Å²) in [6, 6.07) is 0. The standard InChI is InChI=1S/C10H17N3O2S/c1-4-7-8(16-13-12-7)9(15)11-5-10(2,3)6-14/h14H,4-6H2,1-3H3,(H,11,15). The molecule has 0 saturated carbocycles. The van der Waals surface area contributed by atoms with Crippen molar-refractivity contribution in [1.29, 1.82) is 0 Å². The molecule has 1 aromatic heterocycles. The largest absolute Gasteiger partial charge is 0.396 e. The highest BCUT2D eigenvalue weighted by atomic mass is 32.1. The van der Waals surface area contributed by atoms with Gasteiger partial charge in [-0.2, -0.15) is 0 Å². The maximum Gasteiger partial charge on any atom is 0.264 e. The minimum Gasteiger partial charge on any atom is -0.396 e. The average molecular weight is 243 g/mol. The van der Waals surface area contributed by atoms with Crippen LogP contribution in [0.3, 0.4) is 0 Å². The van der Waals surface area contributed by atoms with E-state index in [0.717, 1.165) is 17.2 Å². The Morgan fingerprint density at radius 1 is 1.56 bits per heavy atom. The van der Waals surface area contributed by atoms with Gasteiger partial charge in [-0.3, -0.25) is 4.79 Å². The minimum absolute atomic E-state index is 0.0366. The van der Waals surface area contributed by atoms with Gasteiger partial charge in [-0.1, -0.05) is 25.3 Å². The topological polar surface area (TPSA) is 75.1 Å². The number of amides is 1. The molecule has 0 atom stereocenters. The third kappa shape index (κ3) is 3.24. The zero-order chi connectivity index (χ0) is 12.2. The van der Waals surface area contributed by atoms with E-state index in [1.54, 1.807) is 0 Å². The molecular weight excluding hydrogens is 226 g/mol. The smallest absolute Gasteiger partial charge is 0.264 e. The fraction of sp³-hybridized carbons (Fsp3) is 0.700. The number of hydrogen-bond donors (Lipinski definition) is 2. The Morgan fingerprint density at radius 2 is 2.25 bits per heavy atom. The zero-order valence-electron chi connectivity index (χ0n) is 9.78. The summed E-state index contributed by atoms with van der Waals surface area (Å²) in [5.41, 5.74) is 0.421. The van der Waals surface area contributed by atoms with E-state index in [1.807, 2.05) is 20.8 Å². The van der Waals surface area contributed by atoms with E-state index in [2.05, 4.69) is 14.9 Å². The number of aryl methyl sites for hydroxylation is 1. The van der Waals surface area contributed by atoms with Gasteiger partial charge in [-0.25, -0.2) is 0 Å². The van der Waals surface area contributed by atoms with Crippen LogP contribution in [0.2, 0.25) is 0 Å². The van der Waals surface area contributed by atoms with Crippen LogP contribution in [0.4, 0.5) is 0 Å². The molecule has 1 amide bonds. The predicted molar refractivity (Wildman–Crippen MR) is 62.5 cm³/mol. The monoisotopic (exact) mass is 243 g/mol. The Labute approximate surface area is 99.0 Å². The molecule has 1 rings (SSSR count). The molecule has 0 aliphatic carbocycles. The molecule has 1 heterocycles. The molecular formula is C10H17N3O2S. The molecule has 6 heteroatoms. The van der Waals surface area contributed by atoms with E-state index in [9.17, 15) is 4.79 Å². The first-order valence-electron chi connectivity index (χ1n) is 5.20. The van der Waals surface area contributed by atoms with Crippen molar-refractivity contribution in [2.45, 2.75) is 27.2 Å². The molecule has 0 spiro atoms. The lowest BCUT2D eigenvalue weighted by Crippen LogP contribution is -2.36. The molecule has 0 unspecified atom stereocenters. The SMILES string of the molecule is CCc1nnsc1C(=O)NCC(C)(C)CO. The van der Waals surface area contributed by atoms with Crippen LogP contribution in [0.15, 0.2) is 0 Å². The fourth-order valence-corrected chi connectivity index (χ4v) is 1.73. The first kappa shape index (κ1) is 13.1. The van der Waals surface area contributed by atoms with Crippen molar-refractivity contribution >= 4 is 17.4 Å². The van der Waals surface area contributed by atoms with Crippen molar-refractivity contribution in [3.05, 3.63) is 10.6 Å². The Balaban J connectivity index is 2.60. The van der Waals surface area contributed by atoms with E-state index in [0.29, 0.717) is 17.8 Å². The van der Waals surface area contributed by atoms with Gasteiger partial charge in [0.05, 0.1) is 5.69 Å². The van der Waals surface area contributed by atoms with Gasteiger partial charge in [0, 0.05) is 18.6 Å². The molecule has 0 aliphatic heterocycles. The molecule has 0 bridgehead atoms. The minimum atomic E-state index is -0.305. The zero-order valence-corrected chi connectivity index (χ0v) is 10.6. The molecule has 0 aliphatic rings. The molecule has 16 heavy (non-hydrogen) atoms. The second kappa shape index (κ2) is 5.36. The van der Waals surface area contributed by atoms with Gasteiger partial charge in [0.1, 0.15) is 4.88 Å². The lowest BCUT2D eigenvalue weighted by Gasteiger charge is -2.21.